The molecule has 0 radical (unpaired) electrons. The summed E-state index contributed by atoms with van der Waals surface area (Å²) in [7, 11) is 0. The van der Waals surface area contributed by atoms with Crippen molar-refractivity contribution < 1.29 is 14.7 Å². The van der Waals surface area contributed by atoms with Crippen LogP contribution in [0.2, 0.25) is 0 Å². The van der Waals surface area contributed by atoms with Gasteiger partial charge in [0.05, 0.1) is 0 Å². The van der Waals surface area contributed by atoms with Gasteiger partial charge in [-0.3, -0.25) is 9.59 Å². The number of aromatic hydroxyl groups is 1. The number of nitrogens with two attached hydrogens (primary N) is 1. The first-order chi connectivity index (χ1) is 7.15. The minimum atomic E-state index is -0.464. The summed E-state index contributed by atoms with van der Waals surface area (Å²) in [4.78, 5) is 21.1. The monoisotopic (exact) mass is 205 g/mol. The molecule has 4 heteroatoms. The van der Waals surface area contributed by atoms with E-state index in [1.165, 1.54) is 18.2 Å². The lowest BCUT2D eigenvalue weighted by molar-refractivity contribution is -0.117. The van der Waals surface area contributed by atoms with Crippen molar-refractivity contribution in [2.75, 3.05) is 0 Å². The highest BCUT2D eigenvalue weighted by Crippen LogP contribution is 2.21. The first kappa shape index (κ1) is 11.0. The number of rotatable bonds is 4. The van der Waals surface area contributed by atoms with Gasteiger partial charge in [-0.15, -0.1) is 0 Å². The van der Waals surface area contributed by atoms with Gasteiger partial charge in [0, 0.05) is 17.5 Å². The molecule has 3 N–H and O–H groups in total. The number of amides is 1. The molecule has 0 fully saturated rings. The van der Waals surface area contributed by atoms with Crippen LogP contribution in [0.1, 0.15) is 22.3 Å². The quantitative estimate of drug-likeness (QED) is 0.722. The summed E-state index contributed by atoms with van der Waals surface area (Å²) in [6.45, 7) is 0. The third-order valence-corrected chi connectivity index (χ3v) is 1.85. The van der Waals surface area contributed by atoms with Crippen molar-refractivity contribution in [3.8, 4) is 5.75 Å². The Labute approximate surface area is 87.0 Å². The fourth-order valence-corrected chi connectivity index (χ4v) is 1.15. The molecular formula is C11H11NO3. The van der Waals surface area contributed by atoms with Crippen molar-refractivity contribution in [3.05, 3.63) is 35.4 Å². The Balaban J connectivity index is 2.97. The lowest BCUT2D eigenvalue weighted by atomic mass is 10.1. The van der Waals surface area contributed by atoms with Gasteiger partial charge >= 0.3 is 0 Å². The van der Waals surface area contributed by atoms with E-state index in [0.29, 0.717) is 17.4 Å². The van der Waals surface area contributed by atoms with Crippen LogP contribution < -0.4 is 5.73 Å². The number of carbonyl (C=O) groups excluding carboxylic acids is 2. The molecule has 0 aliphatic carbocycles. The van der Waals surface area contributed by atoms with Crippen LogP contribution in [0.15, 0.2) is 24.3 Å². The predicted octanol–water partition coefficient (Wildman–Crippen LogP) is 1.09. The standard InChI is InChI=1S/C11H11NO3/c12-11(15)6-2-4-9-8(7-13)3-1-5-10(9)14/h1-5,7,14H,6H2,(H2,12,15). The molecule has 0 saturated carbocycles. The van der Waals surface area contributed by atoms with E-state index in [9.17, 15) is 14.7 Å². The predicted molar refractivity (Wildman–Crippen MR) is 56.3 cm³/mol. The third kappa shape index (κ3) is 2.95. The van der Waals surface area contributed by atoms with E-state index >= 15 is 0 Å². The van der Waals surface area contributed by atoms with E-state index in [1.807, 2.05) is 0 Å². The summed E-state index contributed by atoms with van der Waals surface area (Å²) < 4.78 is 0. The minimum absolute atomic E-state index is 0.000297. The highest BCUT2D eigenvalue weighted by molar-refractivity contribution is 5.84. The Morgan fingerprint density at radius 3 is 2.80 bits per heavy atom. The zero-order valence-electron chi connectivity index (χ0n) is 8.01. The van der Waals surface area contributed by atoms with Gasteiger partial charge in [0.1, 0.15) is 5.75 Å². The first-order valence-corrected chi connectivity index (χ1v) is 4.37. The van der Waals surface area contributed by atoms with Crippen molar-refractivity contribution in [1.29, 1.82) is 0 Å². The number of hydrogen-bond acceptors (Lipinski definition) is 3. The second kappa shape index (κ2) is 4.95. The molecule has 0 spiro atoms. The minimum Gasteiger partial charge on any atom is -0.507 e. The topological polar surface area (TPSA) is 80.4 Å². The fourth-order valence-electron chi connectivity index (χ4n) is 1.15. The average molecular weight is 205 g/mol. The molecule has 1 rings (SSSR count). The van der Waals surface area contributed by atoms with E-state index in [0.717, 1.165) is 0 Å². The molecule has 0 bridgehead atoms. The van der Waals surface area contributed by atoms with Crippen molar-refractivity contribution in [1.82, 2.24) is 0 Å². The number of benzene rings is 1. The van der Waals surface area contributed by atoms with Crippen LogP contribution >= 0.6 is 0 Å². The van der Waals surface area contributed by atoms with E-state index in [1.54, 1.807) is 12.1 Å². The molecule has 1 aromatic rings. The summed E-state index contributed by atoms with van der Waals surface area (Å²) >= 11 is 0. The Morgan fingerprint density at radius 2 is 2.20 bits per heavy atom. The number of hydrogen-bond donors (Lipinski definition) is 2. The van der Waals surface area contributed by atoms with Crippen molar-refractivity contribution in [2.45, 2.75) is 6.42 Å². The normalized spacial score (nSPS) is 10.4. The van der Waals surface area contributed by atoms with Gasteiger partial charge in [-0.1, -0.05) is 24.3 Å². The van der Waals surface area contributed by atoms with Crippen molar-refractivity contribution in [2.24, 2.45) is 5.73 Å². The second-order valence-electron chi connectivity index (χ2n) is 2.97. The van der Waals surface area contributed by atoms with E-state index in [2.05, 4.69) is 0 Å². The second-order valence-corrected chi connectivity index (χ2v) is 2.97. The molecule has 0 aromatic heterocycles. The Morgan fingerprint density at radius 1 is 1.47 bits per heavy atom. The Bertz CT molecular complexity index is 410. The van der Waals surface area contributed by atoms with Gasteiger partial charge in [0.25, 0.3) is 0 Å². The molecule has 0 heterocycles. The highest BCUT2D eigenvalue weighted by atomic mass is 16.3. The number of carbonyl (C=O) groups is 2. The molecule has 78 valence electrons. The summed E-state index contributed by atoms with van der Waals surface area (Å²) in [6.07, 6.45) is 3.73. The molecule has 0 atom stereocenters. The van der Waals surface area contributed by atoms with Gasteiger partial charge in [-0.25, -0.2) is 0 Å². The van der Waals surface area contributed by atoms with Gasteiger partial charge in [-0.05, 0) is 6.07 Å². The number of primary amides is 1. The number of aldehydes is 1. The first-order valence-electron chi connectivity index (χ1n) is 4.37. The van der Waals surface area contributed by atoms with Crippen LogP contribution in [0.5, 0.6) is 5.75 Å². The maximum Gasteiger partial charge on any atom is 0.221 e. The van der Waals surface area contributed by atoms with Crippen LogP contribution in [-0.2, 0) is 4.79 Å². The lowest BCUT2D eigenvalue weighted by Crippen LogP contribution is -2.07. The smallest absolute Gasteiger partial charge is 0.221 e. The maximum atomic E-state index is 10.6. The molecule has 1 aromatic carbocycles. The van der Waals surface area contributed by atoms with E-state index in [-0.39, 0.29) is 12.2 Å². The van der Waals surface area contributed by atoms with Crippen molar-refractivity contribution in [3.63, 3.8) is 0 Å². The fraction of sp³-hybridized carbons (Fsp3) is 0.0909. The number of phenols is 1. The van der Waals surface area contributed by atoms with Crippen LogP contribution in [0, 0.1) is 0 Å². The largest absolute Gasteiger partial charge is 0.507 e. The maximum absolute atomic E-state index is 10.6. The van der Waals surface area contributed by atoms with Crippen molar-refractivity contribution >= 4 is 18.3 Å². The summed E-state index contributed by atoms with van der Waals surface area (Å²) in [5.41, 5.74) is 5.71. The molecule has 1 amide bonds. The molecule has 0 aliphatic rings. The highest BCUT2D eigenvalue weighted by Gasteiger charge is 2.02. The summed E-state index contributed by atoms with van der Waals surface area (Å²) in [5, 5.41) is 9.46. The van der Waals surface area contributed by atoms with Gasteiger partial charge < -0.3 is 10.8 Å². The zero-order valence-corrected chi connectivity index (χ0v) is 8.01. The molecule has 15 heavy (non-hydrogen) atoms. The Hall–Kier alpha value is -2.10. The van der Waals surface area contributed by atoms with Gasteiger partial charge in [0.2, 0.25) is 5.91 Å². The Kier molecular flexibility index (Phi) is 3.62. The third-order valence-electron chi connectivity index (χ3n) is 1.85. The van der Waals surface area contributed by atoms with E-state index < -0.39 is 5.91 Å². The van der Waals surface area contributed by atoms with Gasteiger partial charge in [0.15, 0.2) is 6.29 Å². The molecule has 4 nitrogen and oxygen atoms in total. The van der Waals surface area contributed by atoms with E-state index in [4.69, 9.17) is 5.73 Å². The summed E-state index contributed by atoms with van der Waals surface area (Å²) in [5.74, 6) is -0.463. The molecular weight excluding hydrogens is 194 g/mol. The SMILES string of the molecule is NC(=O)CC=Cc1c(O)cccc1C=O. The van der Waals surface area contributed by atoms with Crippen LogP contribution in [0.25, 0.3) is 6.08 Å². The summed E-state index contributed by atoms with van der Waals surface area (Å²) in [6, 6.07) is 4.62. The molecule has 0 unspecified atom stereocenters. The van der Waals surface area contributed by atoms with Crippen LogP contribution in [0.3, 0.4) is 0 Å². The van der Waals surface area contributed by atoms with Crippen LogP contribution in [-0.4, -0.2) is 17.3 Å². The molecule has 0 aliphatic heterocycles. The molecule has 0 saturated heterocycles. The zero-order chi connectivity index (χ0) is 11.3. The van der Waals surface area contributed by atoms with Crippen LogP contribution in [0.4, 0.5) is 0 Å². The average Bonchev–Trinajstić information content (AvgIpc) is 2.20. The number of phenolic OH excluding ortho intramolecular Hbond substituents is 1. The lowest BCUT2D eigenvalue weighted by Gasteiger charge is -2.01. The van der Waals surface area contributed by atoms with Gasteiger partial charge in [-0.2, -0.15) is 0 Å².